The largest absolute Gasteiger partial charge is 0.299 e. The molecular weight excluding hydrogens is 256 g/mol. The number of nitroso groups, excluding NO2 is 1. The Labute approximate surface area is 105 Å². The molecule has 0 radical (unpaired) electrons. The van der Waals surface area contributed by atoms with Gasteiger partial charge in [-0.15, -0.1) is 16.2 Å². The summed E-state index contributed by atoms with van der Waals surface area (Å²) in [7, 11) is 0. The lowest BCUT2D eigenvalue weighted by molar-refractivity contribution is -0.384. The third kappa shape index (κ3) is 2.03. The predicted molar refractivity (Wildman–Crippen MR) is 67.3 cm³/mol. The molecule has 0 aliphatic carbocycles. The van der Waals surface area contributed by atoms with Gasteiger partial charge in [-0.25, -0.2) is 0 Å². The van der Waals surface area contributed by atoms with E-state index in [0.29, 0.717) is 11.8 Å². The Morgan fingerprint density at radius 1 is 1.39 bits per heavy atom. The number of nitro benzene ring substituents is 1. The maximum Gasteiger partial charge on any atom is 0.299 e. The number of benzene rings is 1. The standard InChI is InChI=1S/C11H6N2O4S/c14-6-8-4-7(10-2-1-3-18-10)5-9(13(16)17)11(8)12-15/h1-6H. The molecule has 0 saturated heterocycles. The quantitative estimate of drug-likeness (QED) is 0.365. The molecular formula is C11H6N2O4S. The third-order valence-electron chi connectivity index (χ3n) is 2.34. The van der Waals surface area contributed by atoms with Gasteiger partial charge in [0.1, 0.15) is 0 Å². The summed E-state index contributed by atoms with van der Waals surface area (Å²) in [5.41, 5.74) is -0.456. The van der Waals surface area contributed by atoms with Crippen LogP contribution in [-0.4, -0.2) is 11.2 Å². The molecule has 18 heavy (non-hydrogen) atoms. The van der Waals surface area contributed by atoms with E-state index < -0.39 is 16.3 Å². The zero-order valence-corrected chi connectivity index (χ0v) is 9.72. The van der Waals surface area contributed by atoms with Crippen molar-refractivity contribution in [3.05, 3.63) is 50.2 Å². The SMILES string of the molecule is O=Cc1cc(-c2cccs2)cc([N+](=O)[O-])c1N=O. The Balaban J connectivity index is 2.72. The monoisotopic (exact) mass is 262 g/mol. The number of carbonyl (C=O) groups excluding carboxylic acids is 1. The molecule has 0 spiro atoms. The minimum absolute atomic E-state index is 0.0809. The highest BCUT2D eigenvalue weighted by Crippen LogP contribution is 2.36. The molecule has 0 fully saturated rings. The van der Waals surface area contributed by atoms with Gasteiger partial charge in [0.05, 0.1) is 10.5 Å². The Morgan fingerprint density at radius 2 is 2.17 bits per heavy atom. The van der Waals surface area contributed by atoms with E-state index in [4.69, 9.17) is 0 Å². The van der Waals surface area contributed by atoms with E-state index >= 15 is 0 Å². The Morgan fingerprint density at radius 3 is 2.67 bits per heavy atom. The summed E-state index contributed by atoms with van der Waals surface area (Å²) in [6, 6.07) is 6.22. The van der Waals surface area contributed by atoms with Crippen LogP contribution in [0.3, 0.4) is 0 Å². The molecule has 7 heteroatoms. The highest BCUT2D eigenvalue weighted by Gasteiger charge is 2.21. The summed E-state index contributed by atoms with van der Waals surface area (Å²) >= 11 is 1.38. The lowest BCUT2D eigenvalue weighted by Crippen LogP contribution is -1.93. The van der Waals surface area contributed by atoms with Gasteiger partial charge in [-0.1, -0.05) is 6.07 Å². The lowest BCUT2D eigenvalue weighted by Gasteiger charge is -2.02. The summed E-state index contributed by atoms with van der Waals surface area (Å²) in [4.78, 5) is 32.4. The fourth-order valence-corrected chi connectivity index (χ4v) is 2.27. The smallest absolute Gasteiger partial charge is 0.298 e. The molecule has 2 rings (SSSR count). The van der Waals surface area contributed by atoms with E-state index in [0.717, 1.165) is 4.88 Å². The molecule has 0 aliphatic heterocycles. The van der Waals surface area contributed by atoms with Crippen molar-refractivity contribution >= 4 is 29.0 Å². The van der Waals surface area contributed by atoms with Crippen molar-refractivity contribution in [2.24, 2.45) is 5.18 Å². The normalized spacial score (nSPS) is 10.0. The van der Waals surface area contributed by atoms with Crippen LogP contribution in [0, 0.1) is 15.0 Å². The van der Waals surface area contributed by atoms with Gasteiger partial charge in [0.2, 0.25) is 0 Å². The molecule has 0 amide bonds. The van der Waals surface area contributed by atoms with E-state index in [9.17, 15) is 19.8 Å². The average molecular weight is 262 g/mol. The van der Waals surface area contributed by atoms with Crippen molar-refractivity contribution in [3.63, 3.8) is 0 Å². The van der Waals surface area contributed by atoms with Crippen molar-refractivity contribution in [2.75, 3.05) is 0 Å². The Bertz CT molecular complexity index is 622. The minimum Gasteiger partial charge on any atom is -0.298 e. The van der Waals surface area contributed by atoms with E-state index in [-0.39, 0.29) is 5.56 Å². The van der Waals surface area contributed by atoms with Crippen LogP contribution in [-0.2, 0) is 0 Å². The van der Waals surface area contributed by atoms with E-state index in [1.54, 1.807) is 12.1 Å². The second kappa shape index (κ2) is 4.84. The number of nitrogens with zero attached hydrogens (tertiary/aromatic N) is 2. The first-order chi connectivity index (χ1) is 8.67. The van der Waals surface area contributed by atoms with E-state index in [1.807, 2.05) is 5.38 Å². The topological polar surface area (TPSA) is 89.6 Å². The van der Waals surface area contributed by atoms with Crippen LogP contribution in [0.2, 0.25) is 0 Å². The molecule has 6 nitrogen and oxygen atoms in total. The van der Waals surface area contributed by atoms with Crippen molar-refractivity contribution in [1.29, 1.82) is 0 Å². The average Bonchev–Trinajstić information content (AvgIpc) is 2.90. The molecule has 0 N–H and O–H groups in total. The Hall–Kier alpha value is -2.41. The van der Waals surface area contributed by atoms with Crippen LogP contribution in [0.15, 0.2) is 34.8 Å². The van der Waals surface area contributed by atoms with Crippen LogP contribution in [0.4, 0.5) is 11.4 Å². The molecule has 0 aliphatic rings. The van der Waals surface area contributed by atoms with Gasteiger partial charge in [0.15, 0.2) is 12.0 Å². The number of hydrogen-bond acceptors (Lipinski definition) is 6. The number of thiophene rings is 1. The van der Waals surface area contributed by atoms with Crippen molar-refractivity contribution in [1.82, 2.24) is 0 Å². The van der Waals surface area contributed by atoms with Gasteiger partial charge in [-0.05, 0) is 28.3 Å². The van der Waals surface area contributed by atoms with Gasteiger partial charge in [-0.2, -0.15) is 0 Å². The first-order valence-electron chi connectivity index (χ1n) is 4.82. The number of carbonyl (C=O) groups is 1. The second-order valence-electron chi connectivity index (χ2n) is 3.38. The van der Waals surface area contributed by atoms with Crippen LogP contribution in [0.25, 0.3) is 10.4 Å². The minimum atomic E-state index is -0.721. The number of nitro groups is 1. The molecule has 0 bridgehead atoms. The van der Waals surface area contributed by atoms with Gasteiger partial charge in [0.25, 0.3) is 5.69 Å². The maximum atomic E-state index is 10.9. The summed E-state index contributed by atoms with van der Waals surface area (Å²) in [6.07, 6.45) is 0.390. The first kappa shape index (κ1) is 12.1. The summed E-state index contributed by atoms with van der Waals surface area (Å²) in [6.45, 7) is 0. The van der Waals surface area contributed by atoms with Crippen molar-refractivity contribution in [2.45, 2.75) is 0 Å². The number of rotatable bonds is 4. The molecule has 1 aromatic carbocycles. The van der Waals surface area contributed by atoms with Crippen LogP contribution < -0.4 is 0 Å². The third-order valence-corrected chi connectivity index (χ3v) is 3.26. The molecule has 1 heterocycles. The zero-order valence-electron chi connectivity index (χ0n) is 8.90. The van der Waals surface area contributed by atoms with Crippen molar-refractivity contribution < 1.29 is 9.72 Å². The molecule has 1 aromatic heterocycles. The van der Waals surface area contributed by atoms with Crippen LogP contribution in [0.5, 0.6) is 0 Å². The van der Waals surface area contributed by atoms with Crippen LogP contribution in [0.1, 0.15) is 10.4 Å². The van der Waals surface area contributed by atoms with Crippen LogP contribution >= 0.6 is 11.3 Å². The van der Waals surface area contributed by atoms with Gasteiger partial charge < -0.3 is 0 Å². The summed E-state index contributed by atoms with van der Waals surface area (Å²) < 4.78 is 0. The molecule has 2 aromatic rings. The van der Waals surface area contributed by atoms with Crippen molar-refractivity contribution in [3.8, 4) is 10.4 Å². The van der Waals surface area contributed by atoms with E-state index in [1.165, 1.54) is 23.5 Å². The predicted octanol–water partition coefficient (Wildman–Crippen LogP) is 3.53. The molecule has 90 valence electrons. The summed E-state index contributed by atoms with van der Waals surface area (Å²) in [5.74, 6) is 0. The zero-order chi connectivity index (χ0) is 13.1. The number of aldehydes is 1. The number of hydrogen-bond donors (Lipinski definition) is 0. The maximum absolute atomic E-state index is 10.9. The summed E-state index contributed by atoms with van der Waals surface area (Å²) in [5, 5.41) is 15.2. The fraction of sp³-hybridized carbons (Fsp3) is 0. The molecule has 0 saturated carbocycles. The van der Waals surface area contributed by atoms with E-state index in [2.05, 4.69) is 5.18 Å². The second-order valence-corrected chi connectivity index (χ2v) is 4.32. The Kier molecular flexibility index (Phi) is 3.24. The lowest BCUT2D eigenvalue weighted by atomic mass is 10.1. The highest BCUT2D eigenvalue weighted by atomic mass is 32.1. The van der Waals surface area contributed by atoms with Gasteiger partial charge >= 0.3 is 0 Å². The fourth-order valence-electron chi connectivity index (χ4n) is 1.55. The van der Waals surface area contributed by atoms with Gasteiger partial charge in [0, 0.05) is 10.9 Å². The highest BCUT2D eigenvalue weighted by molar-refractivity contribution is 7.13. The first-order valence-corrected chi connectivity index (χ1v) is 5.70. The molecule has 0 atom stereocenters. The molecule has 0 unspecified atom stereocenters. The van der Waals surface area contributed by atoms with Gasteiger partial charge in [-0.3, -0.25) is 14.9 Å².